The Hall–Kier alpha value is -3.07. The van der Waals surface area contributed by atoms with E-state index in [2.05, 4.69) is 41.5 Å². The fourth-order valence-corrected chi connectivity index (χ4v) is 2.56. The lowest BCUT2D eigenvalue weighted by Crippen LogP contribution is -2.08. The highest BCUT2D eigenvalue weighted by Crippen LogP contribution is 2.31. The number of pyridine rings is 1. The summed E-state index contributed by atoms with van der Waals surface area (Å²) >= 11 is 3.36. The van der Waals surface area contributed by atoms with E-state index in [1.165, 1.54) is 6.33 Å². The van der Waals surface area contributed by atoms with E-state index in [1.54, 1.807) is 30.6 Å². The van der Waals surface area contributed by atoms with E-state index < -0.39 is 4.92 Å². The fraction of sp³-hybridized carbons (Fsp3) is 0.0625. The molecule has 25 heavy (non-hydrogen) atoms. The number of rotatable bonds is 6. The number of hydrogen-bond donors (Lipinski definition) is 2. The average molecular weight is 401 g/mol. The van der Waals surface area contributed by atoms with Gasteiger partial charge in [0, 0.05) is 29.1 Å². The van der Waals surface area contributed by atoms with E-state index in [0.717, 1.165) is 10.0 Å². The van der Waals surface area contributed by atoms with Crippen LogP contribution in [0.5, 0.6) is 0 Å². The van der Waals surface area contributed by atoms with Crippen LogP contribution in [0.2, 0.25) is 0 Å². The van der Waals surface area contributed by atoms with E-state index in [-0.39, 0.29) is 17.3 Å². The summed E-state index contributed by atoms with van der Waals surface area (Å²) in [5, 5.41) is 17.5. The lowest BCUT2D eigenvalue weighted by Gasteiger charge is -2.10. The normalized spacial score (nSPS) is 10.3. The van der Waals surface area contributed by atoms with Gasteiger partial charge in [0.25, 0.3) is 0 Å². The second-order valence-corrected chi connectivity index (χ2v) is 5.94. The van der Waals surface area contributed by atoms with E-state index in [9.17, 15) is 10.1 Å². The third-order valence-corrected chi connectivity index (χ3v) is 3.77. The Balaban J connectivity index is 1.87. The summed E-state index contributed by atoms with van der Waals surface area (Å²) in [7, 11) is 0. The molecular weight excluding hydrogens is 388 g/mol. The maximum Gasteiger partial charge on any atom is 0.353 e. The van der Waals surface area contributed by atoms with Crippen LogP contribution in [0.25, 0.3) is 0 Å². The lowest BCUT2D eigenvalue weighted by molar-refractivity contribution is -0.383. The Kier molecular flexibility index (Phi) is 5.14. The summed E-state index contributed by atoms with van der Waals surface area (Å²) in [6, 6.07) is 10.9. The van der Waals surface area contributed by atoms with E-state index in [4.69, 9.17) is 0 Å². The summed E-state index contributed by atoms with van der Waals surface area (Å²) in [6.07, 6.45) is 4.62. The van der Waals surface area contributed by atoms with Gasteiger partial charge in [-0.25, -0.2) is 9.97 Å². The van der Waals surface area contributed by atoms with Crippen molar-refractivity contribution in [1.29, 1.82) is 0 Å². The molecule has 1 aromatic carbocycles. The first kappa shape index (κ1) is 16.8. The third kappa shape index (κ3) is 4.27. The van der Waals surface area contributed by atoms with Crippen molar-refractivity contribution in [2.24, 2.45) is 0 Å². The van der Waals surface area contributed by atoms with Gasteiger partial charge in [0.1, 0.15) is 6.33 Å². The number of nitro groups is 1. The fourth-order valence-electron chi connectivity index (χ4n) is 2.16. The highest BCUT2D eigenvalue weighted by Gasteiger charge is 2.23. The number of aromatic nitrogens is 3. The number of halogens is 1. The molecule has 0 aliphatic rings. The van der Waals surface area contributed by atoms with Crippen LogP contribution < -0.4 is 10.6 Å². The molecule has 0 saturated carbocycles. The molecule has 0 unspecified atom stereocenters. The van der Waals surface area contributed by atoms with Gasteiger partial charge >= 0.3 is 5.69 Å². The van der Waals surface area contributed by atoms with Crippen LogP contribution in [0.1, 0.15) is 5.56 Å². The number of anilines is 3. The lowest BCUT2D eigenvalue weighted by atomic mass is 10.3. The van der Waals surface area contributed by atoms with Gasteiger partial charge in [-0.05, 0) is 29.8 Å². The molecule has 0 saturated heterocycles. The maximum atomic E-state index is 11.5. The molecule has 0 aliphatic carbocycles. The number of nitrogens with one attached hydrogen (secondary N) is 2. The van der Waals surface area contributed by atoms with Crippen LogP contribution in [-0.2, 0) is 6.54 Å². The zero-order chi connectivity index (χ0) is 17.6. The second kappa shape index (κ2) is 7.67. The molecule has 2 heterocycles. The van der Waals surface area contributed by atoms with Crippen molar-refractivity contribution in [3.8, 4) is 0 Å². The molecule has 3 aromatic rings. The summed E-state index contributed by atoms with van der Waals surface area (Å²) < 4.78 is 0.851. The maximum absolute atomic E-state index is 11.5. The summed E-state index contributed by atoms with van der Waals surface area (Å²) in [5.74, 6) is 0.258. The summed E-state index contributed by atoms with van der Waals surface area (Å²) in [6.45, 7) is 0.363. The van der Waals surface area contributed by atoms with Crippen molar-refractivity contribution in [2.45, 2.75) is 6.54 Å². The van der Waals surface area contributed by atoms with Crippen LogP contribution in [0.15, 0.2) is 59.6 Å². The average Bonchev–Trinajstić information content (AvgIpc) is 2.61. The molecule has 0 atom stereocenters. The van der Waals surface area contributed by atoms with Gasteiger partial charge in [-0.2, -0.15) is 0 Å². The summed E-state index contributed by atoms with van der Waals surface area (Å²) in [5.41, 5.74) is 1.35. The minimum atomic E-state index is -0.508. The Morgan fingerprint density at radius 1 is 1.16 bits per heavy atom. The smallest absolute Gasteiger partial charge is 0.353 e. The van der Waals surface area contributed by atoms with Crippen molar-refractivity contribution in [3.05, 3.63) is 75.3 Å². The molecule has 0 bridgehead atoms. The van der Waals surface area contributed by atoms with Crippen molar-refractivity contribution >= 4 is 38.9 Å². The largest absolute Gasteiger partial charge is 0.360 e. The standard InChI is InChI=1S/C16H13BrN6O2/c17-12-4-1-5-13(7-12)22-16-14(23(24)25)15(20-10-21-16)19-9-11-3-2-6-18-8-11/h1-8,10H,9H2,(H2,19,20,21,22). The van der Waals surface area contributed by atoms with Gasteiger partial charge in [-0.1, -0.05) is 28.1 Å². The van der Waals surface area contributed by atoms with Gasteiger partial charge in [-0.3, -0.25) is 15.1 Å². The van der Waals surface area contributed by atoms with E-state index in [1.807, 2.05) is 18.2 Å². The van der Waals surface area contributed by atoms with Gasteiger partial charge in [-0.15, -0.1) is 0 Å². The van der Waals surface area contributed by atoms with Gasteiger partial charge in [0.15, 0.2) is 0 Å². The second-order valence-electron chi connectivity index (χ2n) is 5.03. The third-order valence-electron chi connectivity index (χ3n) is 3.27. The van der Waals surface area contributed by atoms with Crippen LogP contribution in [-0.4, -0.2) is 19.9 Å². The van der Waals surface area contributed by atoms with Gasteiger partial charge < -0.3 is 10.6 Å². The monoisotopic (exact) mass is 400 g/mol. The molecule has 126 valence electrons. The number of nitrogens with zero attached hydrogens (tertiary/aromatic N) is 4. The molecule has 2 aromatic heterocycles. The first-order chi connectivity index (χ1) is 12.1. The molecular formula is C16H13BrN6O2. The molecule has 0 radical (unpaired) electrons. The predicted octanol–water partition coefficient (Wildman–Crippen LogP) is 3.90. The zero-order valence-electron chi connectivity index (χ0n) is 12.9. The van der Waals surface area contributed by atoms with Gasteiger partial charge in [0.2, 0.25) is 11.6 Å². The summed E-state index contributed by atoms with van der Waals surface area (Å²) in [4.78, 5) is 23.0. The minimum Gasteiger partial charge on any atom is -0.360 e. The Labute approximate surface area is 151 Å². The predicted molar refractivity (Wildman–Crippen MR) is 97.7 cm³/mol. The van der Waals surface area contributed by atoms with Crippen LogP contribution in [0.3, 0.4) is 0 Å². The SMILES string of the molecule is O=[N+]([O-])c1c(NCc2cccnc2)ncnc1Nc1cccc(Br)c1. The highest BCUT2D eigenvalue weighted by molar-refractivity contribution is 9.10. The zero-order valence-corrected chi connectivity index (χ0v) is 14.5. The van der Waals surface area contributed by atoms with Crippen LogP contribution in [0.4, 0.5) is 23.0 Å². The van der Waals surface area contributed by atoms with Crippen LogP contribution >= 0.6 is 15.9 Å². The van der Waals surface area contributed by atoms with Crippen molar-refractivity contribution in [3.63, 3.8) is 0 Å². The van der Waals surface area contributed by atoms with E-state index >= 15 is 0 Å². The molecule has 0 amide bonds. The van der Waals surface area contributed by atoms with Crippen molar-refractivity contribution in [1.82, 2.24) is 15.0 Å². The van der Waals surface area contributed by atoms with Crippen molar-refractivity contribution in [2.75, 3.05) is 10.6 Å². The molecule has 8 nitrogen and oxygen atoms in total. The quantitative estimate of drug-likeness (QED) is 0.477. The minimum absolute atomic E-state index is 0.117. The van der Waals surface area contributed by atoms with Crippen LogP contribution in [0, 0.1) is 10.1 Å². The molecule has 3 rings (SSSR count). The van der Waals surface area contributed by atoms with Crippen molar-refractivity contribution < 1.29 is 4.92 Å². The topological polar surface area (TPSA) is 106 Å². The van der Waals surface area contributed by atoms with E-state index in [0.29, 0.717) is 12.2 Å². The number of hydrogen-bond acceptors (Lipinski definition) is 7. The van der Waals surface area contributed by atoms with Gasteiger partial charge in [0.05, 0.1) is 4.92 Å². The molecule has 2 N–H and O–H groups in total. The Bertz CT molecular complexity index is 891. The Morgan fingerprint density at radius 3 is 2.72 bits per heavy atom. The first-order valence-corrected chi connectivity index (χ1v) is 8.07. The number of benzene rings is 1. The first-order valence-electron chi connectivity index (χ1n) is 7.28. The highest BCUT2D eigenvalue weighted by atomic mass is 79.9. The Morgan fingerprint density at radius 2 is 2.00 bits per heavy atom. The molecule has 0 aliphatic heterocycles. The molecule has 0 fully saturated rings. The molecule has 0 spiro atoms. The molecule has 9 heteroatoms.